The van der Waals surface area contributed by atoms with Gasteiger partial charge in [-0.25, -0.2) is 4.99 Å². The van der Waals surface area contributed by atoms with Gasteiger partial charge in [-0.05, 0) is 36.8 Å². The van der Waals surface area contributed by atoms with Crippen LogP contribution < -0.4 is 14.8 Å². The van der Waals surface area contributed by atoms with Crippen molar-refractivity contribution in [3.8, 4) is 11.5 Å². The van der Waals surface area contributed by atoms with Gasteiger partial charge < -0.3 is 19.7 Å². The summed E-state index contributed by atoms with van der Waals surface area (Å²) in [5, 5.41) is 3.42. The summed E-state index contributed by atoms with van der Waals surface area (Å²) >= 11 is 0. The number of nitrogens with one attached hydrogen (secondary N) is 1. The lowest BCUT2D eigenvalue weighted by atomic mass is 10.1. The number of ether oxygens (including phenoxy) is 2. The third-order valence-corrected chi connectivity index (χ3v) is 4.67. The van der Waals surface area contributed by atoms with Gasteiger partial charge in [-0.15, -0.1) is 0 Å². The molecule has 0 aromatic heterocycles. The standard InChI is InChI=1S/C22H29N3O2/c1-3-23-22(24-17-18-8-7-11-21(16-18)26-2)25-14-12-20(13-15-25)27-19-9-5-4-6-10-19/h4-11,16,20H,3,12-15,17H2,1-2H3,(H,23,24). The van der Waals surface area contributed by atoms with Crippen LogP contribution in [0.4, 0.5) is 0 Å². The van der Waals surface area contributed by atoms with Crippen molar-refractivity contribution in [3.63, 3.8) is 0 Å². The maximum atomic E-state index is 6.10. The Morgan fingerprint density at radius 3 is 2.52 bits per heavy atom. The van der Waals surface area contributed by atoms with E-state index in [0.717, 1.165) is 55.5 Å². The largest absolute Gasteiger partial charge is 0.497 e. The highest BCUT2D eigenvalue weighted by molar-refractivity contribution is 5.80. The summed E-state index contributed by atoms with van der Waals surface area (Å²) in [5.74, 6) is 2.79. The van der Waals surface area contributed by atoms with Crippen LogP contribution in [-0.4, -0.2) is 43.7 Å². The summed E-state index contributed by atoms with van der Waals surface area (Å²) in [7, 11) is 1.69. The van der Waals surface area contributed by atoms with Crippen molar-refractivity contribution in [1.82, 2.24) is 10.2 Å². The van der Waals surface area contributed by atoms with Gasteiger partial charge in [0.2, 0.25) is 0 Å². The van der Waals surface area contributed by atoms with E-state index in [4.69, 9.17) is 14.5 Å². The van der Waals surface area contributed by atoms with E-state index in [1.807, 2.05) is 48.5 Å². The number of rotatable bonds is 6. The lowest BCUT2D eigenvalue weighted by Gasteiger charge is -2.34. The number of hydrogen-bond donors (Lipinski definition) is 1. The molecule has 1 fully saturated rings. The van der Waals surface area contributed by atoms with Crippen LogP contribution in [-0.2, 0) is 6.54 Å². The maximum Gasteiger partial charge on any atom is 0.194 e. The number of guanidine groups is 1. The van der Waals surface area contributed by atoms with E-state index in [9.17, 15) is 0 Å². The smallest absolute Gasteiger partial charge is 0.194 e. The van der Waals surface area contributed by atoms with Gasteiger partial charge in [0.05, 0.1) is 13.7 Å². The minimum absolute atomic E-state index is 0.268. The summed E-state index contributed by atoms with van der Waals surface area (Å²) in [4.78, 5) is 7.15. The van der Waals surface area contributed by atoms with Crippen LogP contribution in [0.25, 0.3) is 0 Å². The van der Waals surface area contributed by atoms with Gasteiger partial charge in [0, 0.05) is 32.5 Å². The van der Waals surface area contributed by atoms with Crippen molar-refractivity contribution < 1.29 is 9.47 Å². The Hall–Kier alpha value is -2.69. The molecule has 27 heavy (non-hydrogen) atoms. The van der Waals surface area contributed by atoms with E-state index >= 15 is 0 Å². The Labute approximate surface area is 162 Å². The molecule has 0 amide bonds. The molecule has 5 heteroatoms. The number of hydrogen-bond acceptors (Lipinski definition) is 3. The Morgan fingerprint density at radius 2 is 1.81 bits per heavy atom. The fourth-order valence-electron chi connectivity index (χ4n) is 3.24. The van der Waals surface area contributed by atoms with Gasteiger partial charge in [0.25, 0.3) is 0 Å². The monoisotopic (exact) mass is 367 g/mol. The molecule has 0 unspecified atom stereocenters. The van der Waals surface area contributed by atoms with Crippen LogP contribution >= 0.6 is 0 Å². The van der Waals surface area contributed by atoms with E-state index < -0.39 is 0 Å². The zero-order valence-electron chi connectivity index (χ0n) is 16.2. The van der Waals surface area contributed by atoms with E-state index in [2.05, 4.69) is 23.2 Å². The molecule has 1 saturated heterocycles. The van der Waals surface area contributed by atoms with Gasteiger partial charge >= 0.3 is 0 Å². The molecule has 5 nitrogen and oxygen atoms in total. The molecule has 0 atom stereocenters. The molecule has 0 spiro atoms. The van der Waals surface area contributed by atoms with Crippen LogP contribution in [0.2, 0.25) is 0 Å². The molecule has 0 saturated carbocycles. The van der Waals surface area contributed by atoms with Crippen LogP contribution in [0, 0.1) is 0 Å². The van der Waals surface area contributed by atoms with Crippen molar-refractivity contribution in [3.05, 3.63) is 60.2 Å². The second kappa shape index (κ2) is 9.86. The second-order valence-electron chi connectivity index (χ2n) is 6.64. The zero-order valence-corrected chi connectivity index (χ0v) is 16.2. The molecule has 0 bridgehead atoms. The molecular formula is C22H29N3O2. The van der Waals surface area contributed by atoms with Gasteiger partial charge in [-0.3, -0.25) is 0 Å². The van der Waals surface area contributed by atoms with E-state index in [0.29, 0.717) is 6.54 Å². The molecule has 0 aliphatic carbocycles. The minimum Gasteiger partial charge on any atom is -0.497 e. The van der Waals surface area contributed by atoms with Gasteiger partial charge in [-0.2, -0.15) is 0 Å². The second-order valence-corrected chi connectivity index (χ2v) is 6.64. The lowest BCUT2D eigenvalue weighted by Crippen LogP contribution is -2.47. The predicted molar refractivity (Wildman–Crippen MR) is 109 cm³/mol. The number of piperidine rings is 1. The highest BCUT2D eigenvalue weighted by atomic mass is 16.5. The van der Waals surface area contributed by atoms with E-state index in [1.54, 1.807) is 7.11 Å². The first-order valence-electron chi connectivity index (χ1n) is 9.66. The molecule has 144 valence electrons. The fraction of sp³-hybridized carbons (Fsp3) is 0.409. The van der Waals surface area contributed by atoms with Crippen molar-refractivity contribution in [1.29, 1.82) is 0 Å². The minimum atomic E-state index is 0.268. The average Bonchev–Trinajstić information content (AvgIpc) is 2.73. The highest BCUT2D eigenvalue weighted by Crippen LogP contribution is 2.19. The summed E-state index contributed by atoms with van der Waals surface area (Å²) in [6, 6.07) is 18.1. The number of aliphatic imine (C=N–C) groups is 1. The summed E-state index contributed by atoms with van der Waals surface area (Å²) in [6.07, 6.45) is 2.27. The quantitative estimate of drug-likeness (QED) is 0.625. The average molecular weight is 367 g/mol. The fourth-order valence-corrected chi connectivity index (χ4v) is 3.24. The molecule has 1 heterocycles. The van der Waals surface area contributed by atoms with E-state index in [1.165, 1.54) is 0 Å². The first-order chi connectivity index (χ1) is 13.3. The number of benzene rings is 2. The molecule has 2 aromatic rings. The molecule has 1 N–H and O–H groups in total. The normalized spacial score (nSPS) is 15.5. The molecule has 1 aliphatic rings. The Morgan fingerprint density at radius 1 is 1.07 bits per heavy atom. The summed E-state index contributed by atoms with van der Waals surface area (Å²) < 4.78 is 11.4. The molecular weight excluding hydrogens is 338 g/mol. The highest BCUT2D eigenvalue weighted by Gasteiger charge is 2.22. The number of nitrogens with zero attached hydrogens (tertiary/aromatic N) is 2. The van der Waals surface area contributed by atoms with Crippen LogP contribution in [0.1, 0.15) is 25.3 Å². The first-order valence-corrected chi connectivity index (χ1v) is 9.66. The summed E-state index contributed by atoms with van der Waals surface area (Å²) in [6.45, 7) is 5.49. The Kier molecular flexibility index (Phi) is 6.97. The lowest BCUT2D eigenvalue weighted by molar-refractivity contribution is 0.129. The molecule has 0 radical (unpaired) electrons. The van der Waals surface area contributed by atoms with Crippen LogP contribution in [0.15, 0.2) is 59.6 Å². The maximum absolute atomic E-state index is 6.10. The predicted octanol–water partition coefficient (Wildman–Crippen LogP) is 3.70. The third-order valence-electron chi connectivity index (χ3n) is 4.67. The van der Waals surface area contributed by atoms with Gasteiger partial charge in [0.1, 0.15) is 17.6 Å². The molecule has 2 aromatic carbocycles. The van der Waals surface area contributed by atoms with Crippen molar-refractivity contribution in [2.45, 2.75) is 32.4 Å². The van der Waals surface area contributed by atoms with Gasteiger partial charge in [0.15, 0.2) is 5.96 Å². The number of para-hydroxylation sites is 1. The third kappa shape index (κ3) is 5.64. The van der Waals surface area contributed by atoms with Crippen molar-refractivity contribution in [2.24, 2.45) is 4.99 Å². The molecule has 1 aliphatic heterocycles. The number of methoxy groups -OCH3 is 1. The van der Waals surface area contributed by atoms with Crippen molar-refractivity contribution in [2.75, 3.05) is 26.7 Å². The summed E-state index contributed by atoms with van der Waals surface area (Å²) in [5.41, 5.74) is 1.15. The first kappa shape index (κ1) is 19.1. The number of likely N-dealkylation sites (tertiary alicyclic amines) is 1. The zero-order chi connectivity index (χ0) is 18.9. The SMILES string of the molecule is CCNC(=NCc1cccc(OC)c1)N1CCC(Oc2ccccc2)CC1. The topological polar surface area (TPSA) is 46.1 Å². The Balaban J connectivity index is 1.57. The van der Waals surface area contributed by atoms with Crippen molar-refractivity contribution >= 4 is 5.96 Å². The molecule has 3 rings (SSSR count). The van der Waals surface area contributed by atoms with E-state index in [-0.39, 0.29) is 6.10 Å². The van der Waals surface area contributed by atoms with Crippen LogP contribution in [0.3, 0.4) is 0 Å². The Bertz CT molecular complexity index is 725. The van der Waals surface area contributed by atoms with Gasteiger partial charge in [-0.1, -0.05) is 30.3 Å². The van der Waals surface area contributed by atoms with Crippen LogP contribution in [0.5, 0.6) is 11.5 Å².